The first-order chi connectivity index (χ1) is 13.7. The predicted octanol–water partition coefficient (Wildman–Crippen LogP) is 3.57. The van der Waals surface area contributed by atoms with Crippen molar-refractivity contribution >= 4 is 17.2 Å². The first-order valence-electron chi connectivity index (χ1n) is 8.80. The Hall–Kier alpha value is -3.06. The number of ether oxygens (including phenoxy) is 3. The molecule has 0 aliphatic carbocycles. The fourth-order valence-electron chi connectivity index (χ4n) is 2.49. The molecular formula is C21H22N2O4S. The molecule has 3 rings (SSSR count). The van der Waals surface area contributed by atoms with Crippen LogP contribution in [0.2, 0.25) is 0 Å². The number of benzene rings is 2. The summed E-state index contributed by atoms with van der Waals surface area (Å²) in [6, 6.07) is 14.9. The zero-order valence-electron chi connectivity index (χ0n) is 15.8. The number of hydrogen-bond donors (Lipinski definition) is 1. The summed E-state index contributed by atoms with van der Waals surface area (Å²) in [5.74, 6) is 2.02. The Balaban J connectivity index is 1.41. The van der Waals surface area contributed by atoms with Gasteiger partial charge in [0.15, 0.2) is 6.61 Å². The lowest BCUT2D eigenvalue weighted by molar-refractivity contribution is -0.123. The van der Waals surface area contributed by atoms with Gasteiger partial charge < -0.3 is 19.5 Å². The Morgan fingerprint density at radius 2 is 1.57 bits per heavy atom. The molecule has 0 unspecified atom stereocenters. The molecule has 7 heteroatoms. The Bertz CT molecular complexity index is 892. The van der Waals surface area contributed by atoms with Gasteiger partial charge in [0.05, 0.1) is 19.9 Å². The van der Waals surface area contributed by atoms with E-state index in [0.29, 0.717) is 18.7 Å². The molecule has 146 valence electrons. The third kappa shape index (κ3) is 5.47. The van der Waals surface area contributed by atoms with Crippen molar-refractivity contribution in [2.24, 2.45) is 0 Å². The van der Waals surface area contributed by atoms with Gasteiger partial charge >= 0.3 is 0 Å². The minimum atomic E-state index is -0.165. The molecule has 1 heterocycles. The van der Waals surface area contributed by atoms with E-state index in [4.69, 9.17) is 14.2 Å². The van der Waals surface area contributed by atoms with Gasteiger partial charge in [-0.05, 0) is 48.5 Å². The zero-order valence-corrected chi connectivity index (χ0v) is 16.6. The molecule has 0 saturated carbocycles. The summed E-state index contributed by atoms with van der Waals surface area (Å²) < 4.78 is 15.7. The lowest BCUT2D eigenvalue weighted by Gasteiger charge is -2.07. The van der Waals surface area contributed by atoms with Crippen molar-refractivity contribution in [3.63, 3.8) is 0 Å². The molecule has 0 atom stereocenters. The summed E-state index contributed by atoms with van der Waals surface area (Å²) in [7, 11) is 3.25. The number of aromatic nitrogens is 1. The molecular weight excluding hydrogens is 376 g/mol. The van der Waals surface area contributed by atoms with Crippen LogP contribution in [-0.4, -0.2) is 38.3 Å². The van der Waals surface area contributed by atoms with Crippen LogP contribution in [0.15, 0.2) is 53.9 Å². The summed E-state index contributed by atoms with van der Waals surface area (Å²) in [5.41, 5.74) is 2.00. The maximum Gasteiger partial charge on any atom is 0.257 e. The van der Waals surface area contributed by atoms with E-state index in [-0.39, 0.29) is 12.5 Å². The number of methoxy groups -OCH3 is 2. The van der Waals surface area contributed by atoms with E-state index in [1.54, 1.807) is 49.8 Å². The van der Waals surface area contributed by atoms with Crippen LogP contribution in [0.5, 0.6) is 17.2 Å². The van der Waals surface area contributed by atoms with Crippen LogP contribution < -0.4 is 19.5 Å². The van der Waals surface area contributed by atoms with Gasteiger partial charge in [-0.2, -0.15) is 0 Å². The third-order valence-corrected chi connectivity index (χ3v) is 4.96. The largest absolute Gasteiger partial charge is 0.497 e. The number of hydrogen-bond acceptors (Lipinski definition) is 6. The highest BCUT2D eigenvalue weighted by Crippen LogP contribution is 2.25. The van der Waals surface area contributed by atoms with E-state index >= 15 is 0 Å². The summed E-state index contributed by atoms with van der Waals surface area (Å²) in [5, 5.41) is 5.81. The summed E-state index contributed by atoms with van der Waals surface area (Å²) in [6.45, 7) is 0.483. The maximum absolute atomic E-state index is 11.9. The molecule has 2 aromatic carbocycles. The van der Waals surface area contributed by atoms with E-state index in [0.717, 1.165) is 27.8 Å². The Morgan fingerprint density at radius 3 is 2.21 bits per heavy atom. The van der Waals surface area contributed by atoms with Crippen molar-refractivity contribution in [1.29, 1.82) is 0 Å². The molecule has 0 bridgehead atoms. The summed E-state index contributed by atoms with van der Waals surface area (Å²) in [6.07, 6.45) is 0.668. The lowest BCUT2D eigenvalue weighted by atomic mass is 10.2. The highest BCUT2D eigenvalue weighted by atomic mass is 32.1. The molecule has 1 amide bonds. The predicted molar refractivity (Wildman–Crippen MR) is 109 cm³/mol. The maximum atomic E-state index is 11.9. The molecule has 28 heavy (non-hydrogen) atoms. The van der Waals surface area contributed by atoms with Crippen LogP contribution in [0.4, 0.5) is 0 Å². The molecule has 0 aliphatic rings. The summed E-state index contributed by atoms with van der Waals surface area (Å²) in [4.78, 5) is 16.6. The van der Waals surface area contributed by atoms with Crippen molar-refractivity contribution in [1.82, 2.24) is 10.3 Å². The molecule has 0 fully saturated rings. The van der Waals surface area contributed by atoms with Crippen LogP contribution in [0.1, 0.15) is 5.69 Å². The second-order valence-electron chi connectivity index (χ2n) is 5.94. The van der Waals surface area contributed by atoms with Gasteiger partial charge in [-0.15, -0.1) is 11.3 Å². The van der Waals surface area contributed by atoms with E-state index in [1.807, 2.05) is 29.6 Å². The highest BCUT2D eigenvalue weighted by molar-refractivity contribution is 7.13. The Morgan fingerprint density at radius 1 is 0.964 bits per heavy atom. The van der Waals surface area contributed by atoms with Gasteiger partial charge in [-0.3, -0.25) is 4.79 Å². The normalized spacial score (nSPS) is 10.4. The minimum absolute atomic E-state index is 0.0273. The smallest absolute Gasteiger partial charge is 0.257 e. The van der Waals surface area contributed by atoms with Gasteiger partial charge in [-0.25, -0.2) is 4.98 Å². The molecule has 1 N–H and O–H groups in total. The number of carbonyl (C=O) groups is 1. The quantitative estimate of drug-likeness (QED) is 0.597. The average molecular weight is 398 g/mol. The van der Waals surface area contributed by atoms with E-state index < -0.39 is 0 Å². The van der Waals surface area contributed by atoms with Gasteiger partial charge in [-0.1, -0.05) is 0 Å². The minimum Gasteiger partial charge on any atom is -0.497 e. The fraction of sp³-hybridized carbons (Fsp3) is 0.238. The Kier molecular flexibility index (Phi) is 6.86. The lowest BCUT2D eigenvalue weighted by Crippen LogP contribution is -2.30. The number of rotatable bonds is 9. The monoisotopic (exact) mass is 398 g/mol. The average Bonchev–Trinajstić information content (AvgIpc) is 3.21. The first-order valence-corrected chi connectivity index (χ1v) is 9.68. The standard InChI is InChI=1S/C21H22N2O4S/c1-25-17-5-3-15(4-6-17)21-23-16(14-28-21)11-12-22-20(24)13-27-19-9-7-18(26-2)8-10-19/h3-10,14H,11-13H2,1-2H3,(H,22,24). The molecule has 1 aromatic heterocycles. The number of thiazole rings is 1. The van der Waals surface area contributed by atoms with Crippen molar-refractivity contribution in [3.8, 4) is 27.8 Å². The third-order valence-electron chi connectivity index (χ3n) is 4.02. The van der Waals surface area contributed by atoms with Gasteiger partial charge in [0, 0.05) is 23.9 Å². The van der Waals surface area contributed by atoms with Crippen LogP contribution in [0, 0.1) is 0 Å². The molecule has 6 nitrogen and oxygen atoms in total. The van der Waals surface area contributed by atoms with Crippen LogP contribution in [0.25, 0.3) is 10.6 Å². The van der Waals surface area contributed by atoms with Crippen LogP contribution in [0.3, 0.4) is 0 Å². The molecule has 0 radical (unpaired) electrons. The number of nitrogens with one attached hydrogen (secondary N) is 1. The fourth-order valence-corrected chi connectivity index (χ4v) is 3.35. The second kappa shape index (κ2) is 9.75. The molecule has 3 aromatic rings. The van der Waals surface area contributed by atoms with E-state index in [2.05, 4.69) is 10.3 Å². The topological polar surface area (TPSA) is 69.7 Å². The molecule has 0 spiro atoms. The van der Waals surface area contributed by atoms with Gasteiger partial charge in [0.1, 0.15) is 22.3 Å². The molecule has 0 saturated heterocycles. The van der Waals surface area contributed by atoms with Crippen molar-refractivity contribution in [2.75, 3.05) is 27.4 Å². The van der Waals surface area contributed by atoms with Crippen molar-refractivity contribution < 1.29 is 19.0 Å². The Labute approximate surface area is 168 Å². The zero-order chi connectivity index (χ0) is 19.8. The van der Waals surface area contributed by atoms with Crippen molar-refractivity contribution in [3.05, 3.63) is 59.6 Å². The SMILES string of the molecule is COc1ccc(OCC(=O)NCCc2csc(-c3ccc(OC)cc3)n2)cc1. The summed E-state index contributed by atoms with van der Waals surface area (Å²) >= 11 is 1.59. The van der Waals surface area contributed by atoms with Crippen LogP contribution >= 0.6 is 11.3 Å². The number of amides is 1. The molecule has 0 aliphatic heterocycles. The second-order valence-corrected chi connectivity index (χ2v) is 6.79. The van der Waals surface area contributed by atoms with E-state index in [1.165, 1.54) is 0 Å². The van der Waals surface area contributed by atoms with Crippen LogP contribution in [-0.2, 0) is 11.2 Å². The van der Waals surface area contributed by atoms with Gasteiger partial charge in [0.2, 0.25) is 0 Å². The van der Waals surface area contributed by atoms with E-state index in [9.17, 15) is 4.79 Å². The number of nitrogens with zero attached hydrogens (tertiary/aromatic N) is 1. The number of carbonyl (C=O) groups excluding carboxylic acids is 1. The van der Waals surface area contributed by atoms with Gasteiger partial charge in [0.25, 0.3) is 5.91 Å². The first kappa shape index (κ1) is 19.7. The van der Waals surface area contributed by atoms with Crippen molar-refractivity contribution in [2.45, 2.75) is 6.42 Å². The highest BCUT2D eigenvalue weighted by Gasteiger charge is 2.07.